The highest BCUT2D eigenvalue weighted by molar-refractivity contribution is 7.10. The monoisotopic (exact) mass is 223 g/mol. The molecule has 0 saturated heterocycles. The summed E-state index contributed by atoms with van der Waals surface area (Å²) in [4.78, 5) is 5.82. The van der Waals surface area contributed by atoms with Crippen LogP contribution in [0.1, 0.15) is 17.4 Å². The second-order valence-electron chi connectivity index (χ2n) is 3.94. The molecule has 1 atom stereocenters. The largest absolute Gasteiger partial charge is 0.356 e. The van der Waals surface area contributed by atoms with E-state index >= 15 is 0 Å². The summed E-state index contributed by atoms with van der Waals surface area (Å²) < 4.78 is 0. The minimum absolute atomic E-state index is 0.482. The van der Waals surface area contributed by atoms with Gasteiger partial charge in [0.1, 0.15) is 0 Å². The molecule has 82 valence electrons. The van der Waals surface area contributed by atoms with Crippen LogP contribution in [-0.4, -0.2) is 25.1 Å². The van der Waals surface area contributed by atoms with Crippen LogP contribution in [0.4, 0.5) is 0 Å². The molecule has 1 aromatic rings. The molecule has 15 heavy (non-hydrogen) atoms. The van der Waals surface area contributed by atoms with E-state index in [1.807, 2.05) is 11.3 Å². The molecule has 0 fully saturated rings. The van der Waals surface area contributed by atoms with Crippen LogP contribution < -0.4 is 10.6 Å². The number of nitrogens with zero attached hydrogens (tertiary/aromatic N) is 1. The first-order chi connectivity index (χ1) is 7.25. The maximum absolute atomic E-state index is 4.36. The van der Waals surface area contributed by atoms with Gasteiger partial charge in [-0.05, 0) is 37.3 Å². The number of hydrogen-bond donors (Lipinski definition) is 2. The number of aryl methyl sites for hydroxylation is 1. The molecule has 0 amide bonds. The average Bonchev–Trinajstić information content (AvgIpc) is 2.77. The zero-order chi connectivity index (χ0) is 10.7. The molecule has 2 N–H and O–H groups in total. The Morgan fingerprint density at radius 1 is 1.67 bits per heavy atom. The second kappa shape index (κ2) is 4.66. The Bertz CT molecular complexity index is 356. The van der Waals surface area contributed by atoms with Crippen molar-refractivity contribution in [2.45, 2.75) is 26.3 Å². The van der Waals surface area contributed by atoms with Gasteiger partial charge >= 0.3 is 0 Å². The molecule has 0 saturated carbocycles. The third-order valence-corrected chi connectivity index (χ3v) is 3.60. The van der Waals surface area contributed by atoms with E-state index in [2.05, 4.69) is 40.9 Å². The number of guanidine groups is 1. The normalized spacial score (nSPS) is 19.9. The number of hydrogen-bond acceptors (Lipinski definition) is 4. The summed E-state index contributed by atoms with van der Waals surface area (Å²) >= 11 is 1.83. The molecule has 1 unspecified atom stereocenters. The molecule has 1 aromatic heterocycles. The molecule has 0 aliphatic carbocycles. The molecular formula is C11H17N3S. The third-order valence-electron chi connectivity index (χ3n) is 2.52. The molecule has 4 heteroatoms. The van der Waals surface area contributed by atoms with E-state index < -0.39 is 0 Å². The van der Waals surface area contributed by atoms with Crippen LogP contribution in [0.5, 0.6) is 0 Å². The van der Waals surface area contributed by atoms with Crippen LogP contribution in [0.2, 0.25) is 0 Å². The van der Waals surface area contributed by atoms with E-state index in [0.29, 0.717) is 6.04 Å². The summed E-state index contributed by atoms with van der Waals surface area (Å²) in [5.41, 5.74) is 1.40. The van der Waals surface area contributed by atoms with Crippen molar-refractivity contribution in [3.05, 3.63) is 21.9 Å². The SMILES string of the molecule is Cc1ccsc1CCNC1=NCC(C)N1. The molecule has 3 nitrogen and oxygen atoms in total. The molecule has 0 aromatic carbocycles. The van der Waals surface area contributed by atoms with Gasteiger partial charge in [-0.2, -0.15) is 0 Å². The first kappa shape index (κ1) is 10.5. The topological polar surface area (TPSA) is 36.4 Å². The highest BCUT2D eigenvalue weighted by atomic mass is 32.1. The molecule has 0 bridgehead atoms. The summed E-state index contributed by atoms with van der Waals surface area (Å²) in [5.74, 6) is 0.955. The fourth-order valence-corrected chi connectivity index (χ4v) is 2.52. The van der Waals surface area contributed by atoms with E-state index in [4.69, 9.17) is 0 Å². The minimum Gasteiger partial charge on any atom is -0.356 e. The lowest BCUT2D eigenvalue weighted by Crippen LogP contribution is -2.38. The van der Waals surface area contributed by atoms with Gasteiger partial charge in [0.05, 0.1) is 6.54 Å². The van der Waals surface area contributed by atoms with E-state index in [0.717, 1.165) is 25.5 Å². The van der Waals surface area contributed by atoms with Gasteiger partial charge in [0.15, 0.2) is 5.96 Å². The van der Waals surface area contributed by atoms with E-state index in [1.54, 1.807) is 0 Å². The van der Waals surface area contributed by atoms with Gasteiger partial charge in [-0.15, -0.1) is 11.3 Å². The molecule has 1 aliphatic rings. The third kappa shape index (κ3) is 2.72. The van der Waals surface area contributed by atoms with Crippen LogP contribution in [-0.2, 0) is 6.42 Å². The Balaban J connectivity index is 1.74. The van der Waals surface area contributed by atoms with E-state index in [1.165, 1.54) is 10.4 Å². The van der Waals surface area contributed by atoms with Crippen molar-refractivity contribution in [1.29, 1.82) is 0 Å². The minimum atomic E-state index is 0.482. The van der Waals surface area contributed by atoms with Crippen molar-refractivity contribution >= 4 is 17.3 Å². The van der Waals surface area contributed by atoms with Gasteiger partial charge in [0, 0.05) is 17.5 Å². The first-order valence-corrected chi connectivity index (χ1v) is 6.21. The summed E-state index contributed by atoms with van der Waals surface area (Å²) in [7, 11) is 0. The van der Waals surface area contributed by atoms with Crippen molar-refractivity contribution in [3.63, 3.8) is 0 Å². The van der Waals surface area contributed by atoms with Crippen LogP contribution in [0.25, 0.3) is 0 Å². The van der Waals surface area contributed by atoms with Crippen LogP contribution >= 0.6 is 11.3 Å². The maximum Gasteiger partial charge on any atom is 0.191 e. The molecule has 2 rings (SSSR count). The van der Waals surface area contributed by atoms with Gasteiger partial charge in [-0.3, -0.25) is 4.99 Å². The lowest BCUT2D eigenvalue weighted by Gasteiger charge is -2.08. The Morgan fingerprint density at radius 2 is 2.53 bits per heavy atom. The smallest absolute Gasteiger partial charge is 0.191 e. The summed E-state index contributed by atoms with van der Waals surface area (Å²) in [6, 6.07) is 2.66. The second-order valence-corrected chi connectivity index (χ2v) is 4.94. The standard InChI is InChI=1S/C11H17N3S/c1-8-4-6-15-10(8)3-5-12-11-13-7-9(2)14-11/h4,6,9H,3,5,7H2,1-2H3,(H2,12,13,14). The number of rotatable bonds is 3. The molecule has 2 heterocycles. The van der Waals surface area contributed by atoms with Gasteiger partial charge in [0.25, 0.3) is 0 Å². The van der Waals surface area contributed by atoms with Crippen LogP contribution in [0.3, 0.4) is 0 Å². The Hall–Kier alpha value is -1.03. The fraction of sp³-hybridized carbons (Fsp3) is 0.545. The summed E-state index contributed by atoms with van der Waals surface area (Å²) in [5, 5.41) is 8.76. The predicted molar refractivity (Wildman–Crippen MR) is 65.7 cm³/mol. The van der Waals surface area contributed by atoms with Crippen molar-refractivity contribution < 1.29 is 0 Å². The fourth-order valence-electron chi connectivity index (χ4n) is 1.61. The van der Waals surface area contributed by atoms with Gasteiger partial charge < -0.3 is 10.6 Å². The van der Waals surface area contributed by atoms with Gasteiger partial charge in [-0.1, -0.05) is 0 Å². The highest BCUT2D eigenvalue weighted by Gasteiger charge is 2.11. The average molecular weight is 223 g/mol. The Kier molecular flexibility index (Phi) is 3.26. The first-order valence-electron chi connectivity index (χ1n) is 5.33. The zero-order valence-electron chi connectivity index (χ0n) is 9.21. The van der Waals surface area contributed by atoms with Crippen molar-refractivity contribution in [2.24, 2.45) is 4.99 Å². The predicted octanol–water partition coefficient (Wildman–Crippen LogP) is 1.54. The zero-order valence-corrected chi connectivity index (χ0v) is 10.0. The van der Waals surface area contributed by atoms with Crippen molar-refractivity contribution in [2.75, 3.05) is 13.1 Å². The maximum atomic E-state index is 4.36. The van der Waals surface area contributed by atoms with Gasteiger partial charge in [-0.25, -0.2) is 0 Å². The van der Waals surface area contributed by atoms with E-state index in [-0.39, 0.29) is 0 Å². The van der Waals surface area contributed by atoms with Gasteiger partial charge in [0.2, 0.25) is 0 Å². The molecule has 0 radical (unpaired) electrons. The van der Waals surface area contributed by atoms with E-state index in [9.17, 15) is 0 Å². The Labute approximate surface area is 94.6 Å². The lowest BCUT2D eigenvalue weighted by molar-refractivity contribution is 0.713. The molecule has 0 spiro atoms. The van der Waals surface area contributed by atoms with Crippen molar-refractivity contribution in [3.8, 4) is 0 Å². The number of nitrogens with one attached hydrogen (secondary N) is 2. The summed E-state index contributed by atoms with van der Waals surface area (Å²) in [6.45, 7) is 6.15. The number of thiophene rings is 1. The molecular weight excluding hydrogens is 206 g/mol. The van der Waals surface area contributed by atoms with Crippen LogP contribution in [0.15, 0.2) is 16.4 Å². The highest BCUT2D eigenvalue weighted by Crippen LogP contribution is 2.15. The Morgan fingerprint density at radius 3 is 3.13 bits per heavy atom. The van der Waals surface area contributed by atoms with Crippen molar-refractivity contribution in [1.82, 2.24) is 10.6 Å². The number of aliphatic imine (C=N–C) groups is 1. The summed E-state index contributed by atoms with van der Waals surface area (Å²) in [6.07, 6.45) is 1.08. The quantitative estimate of drug-likeness (QED) is 0.815. The lowest BCUT2D eigenvalue weighted by atomic mass is 10.2. The molecule has 1 aliphatic heterocycles. The van der Waals surface area contributed by atoms with Crippen LogP contribution in [0, 0.1) is 6.92 Å².